The number of ketones is 1. The predicted octanol–water partition coefficient (Wildman–Crippen LogP) is 2.25. The predicted molar refractivity (Wildman–Crippen MR) is 79.8 cm³/mol. The third-order valence-corrected chi connectivity index (χ3v) is 7.24. The molecule has 0 aromatic heterocycles. The SMILES string of the molecule is C[C@]12COC(=O)C=C1CC[C@H]1[C@@H]3[C@H](O)CC(=O)[C@@]3(C)CC[C@@H]12. The standard InChI is InChI=1S/C18H24O4/c1-17-6-5-12-11(16(17)13(19)8-14(17)20)4-3-10-7-15(21)22-9-18(10,12)2/h7,11-13,16,19H,3-6,8-9H2,1-2H3/t11-,12+,13-,16-,17-,18+/m1/s1. The van der Waals surface area contributed by atoms with E-state index in [9.17, 15) is 14.7 Å². The Kier molecular flexibility index (Phi) is 2.91. The van der Waals surface area contributed by atoms with Crippen LogP contribution < -0.4 is 0 Å². The number of Topliss-reactive ketones (excluding diaryl/α,β-unsaturated/α-hetero) is 1. The number of rotatable bonds is 0. The summed E-state index contributed by atoms with van der Waals surface area (Å²) >= 11 is 0. The van der Waals surface area contributed by atoms with Gasteiger partial charge in [-0.3, -0.25) is 4.79 Å². The van der Waals surface area contributed by atoms with Crippen LogP contribution in [0.25, 0.3) is 0 Å². The van der Waals surface area contributed by atoms with Crippen molar-refractivity contribution in [1.82, 2.24) is 0 Å². The smallest absolute Gasteiger partial charge is 0.330 e. The molecular formula is C18H24O4. The van der Waals surface area contributed by atoms with Crippen molar-refractivity contribution in [3.8, 4) is 0 Å². The van der Waals surface area contributed by atoms with Gasteiger partial charge in [0.2, 0.25) is 0 Å². The summed E-state index contributed by atoms with van der Waals surface area (Å²) in [6, 6.07) is 0. The molecule has 3 fully saturated rings. The number of carbonyl (C=O) groups excluding carboxylic acids is 2. The summed E-state index contributed by atoms with van der Waals surface area (Å²) in [5.41, 5.74) is 0.764. The summed E-state index contributed by atoms with van der Waals surface area (Å²) in [7, 11) is 0. The third-order valence-electron chi connectivity index (χ3n) is 7.24. The van der Waals surface area contributed by atoms with E-state index in [2.05, 4.69) is 13.8 Å². The molecule has 4 aliphatic rings. The van der Waals surface area contributed by atoms with Gasteiger partial charge in [0, 0.05) is 29.2 Å². The zero-order chi connectivity index (χ0) is 15.7. The quantitative estimate of drug-likeness (QED) is 0.697. The van der Waals surface area contributed by atoms with Gasteiger partial charge < -0.3 is 9.84 Å². The molecule has 0 unspecified atom stereocenters. The molecule has 3 saturated carbocycles. The summed E-state index contributed by atoms with van der Waals surface area (Å²) in [5, 5.41) is 10.5. The fourth-order valence-electron chi connectivity index (χ4n) is 6.00. The molecule has 1 aliphatic heterocycles. The maximum Gasteiger partial charge on any atom is 0.330 e. The molecular weight excluding hydrogens is 280 g/mol. The number of cyclic esters (lactones) is 1. The van der Waals surface area contributed by atoms with E-state index in [0.717, 1.165) is 25.7 Å². The summed E-state index contributed by atoms with van der Waals surface area (Å²) < 4.78 is 5.34. The lowest BCUT2D eigenvalue weighted by Gasteiger charge is -2.56. The van der Waals surface area contributed by atoms with Gasteiger partial charge in [-0.15, -0.1) is 0 Å². The Hall–Kier alpha value is -1.16. The van der Waals surface area contributed by atoms with Gasteiger partial charge in [0.15, 0.2) is 0 Å². The number of hydrogen-bond donors (Lipinski definition) is 1. The number of aliphatic hydroxyl groups excluding tert-OH is 1. The first-order valence-corrected chi connectivity index (χ1v) is 8.45. The second kappa shape index (κ2) is 4.44. The van der Waals surface area contributed by atoms with Gasteiger partial charge >= 0.3 is 5.97 Å². The van der Waals surface area contributed by atoms with E-state index >= 15 is 0 Å². The van der Waals surface area contributed by atoms with Crippen molar-refractivity contribution < 1.29 is 19.4 Å². The number of ether oxygens (including phenoxy) is 1. The second-order valence-corrected chi connectivity index (χ2v) is 8.18. The number of carbonyl (C=O) groups is 2. The van der Waals surface area contributed by atoms with Crippen LogP contribution in [0.2, 0.25) is 0 Å². The minimum Gasteiger partial charge on any atom is -0.462 e. The normalized spacial score (nSPS) is 50.6. The minimum absolute atomic E-state index is 0.0785. The summed E-state index contributed by atoms with van der Waals surface area (Å²) in [6.45, 7) is 4.71. The van der Waals surface area contributed by atoms with Gasteiger partial charge in [-0.05, 0) is 37.5 Å². The first-order valence-electron chi connectivity index (χ1n) is 8.45. The second-order valence-electron chi connectivity index (χ2n) is 8.18. The maximum atomic E-state index is 12.4. The molecule has 0 saturated heterocycles. The fraction of sp³-hybridized carbons (Fsp3) is 0.778. The molecule has 3 aliphatic carbocycles. The Bertz CT molecular complexity index is 580. The van der Waals surface area contributed by atoms with Gasteiger partial charge in [0.1, 0.15) is 12.4 Å². The Labute approximate surface area is 130 Å². The maximum absolute atomic E-state index is 12.4. The van der Waals surface area contributed by atoms with Crippen molar-refractivity contribution in [3.05, 3.63) is 11.6 Å². The molecule has 0 aromatic carbocycles. The average molecular weight is 304 g/mol. The van der Waals surface area contributed by atoms with Crippen LogP contribution in [-0.4, -0.2) is 29.6 Å². The highest BCUT2D eigenvalue weighted by molar-refractivity contribution is 5.88. The van der Waals surface area contributed by atoms with E-state index in [1.54, 1.807) is 6.08 Å². The summed E-state index contributed by atoms with van der Waals surface area (Å²) in [6.07, 6.45) is 5.21. The van der Waals surface area contributed by atoms with Crippen LogP contribution in [0.1, 0.15) is 46.0 Å². The van der Waals surface area contributed by atoms with E-state index < -0.39 is 6.10 Å². The molecule has 6 atom stereocenters. The number of aliphatic hydroxyl groups is 1. The van der Waals surface area contributed by atoms with Crippen LogP contribution in [0.4, 0.5) is 0 Å². The van der Waals surface area contributed by atoms with Gasteiger partial charge in [-0.25, -0.2) is 4.79 Å². The number of fused-ring (bicyclic) bond motifs is 5. The van der Waals surface area contributed by atoms with Crippen LogP contribution in [-0.2, 0) is 14.3 Å². The molecule has 4 nitrogen and oxygen atoms in total. The largest absolute Gasteiger partial charge is 0.462 e. The van der Waals surface area contributed by atoms with E-state index in [1.165, 1.54) is 5.57 Å². The minimum atomic E-state index is -0.495. The Morgan fingerprint density at radius 1 is 1.23 bits per heavy atom. The number of esters is 1. The number of hydrogen-bond acceptors (Lipinski definition) is 4. The van der Waals surface area contributed by atoms with Crippen LogP contribution in [0.5, 0.6) is 0 Å². The monoisotopic (exact) mass is 304 g/mol. The average Bonchev–Trinajstić information content (AvgIpc) is 2.70. The first-order chi connectivity index (χ1) is 10.4. The lowest BCUT2D eigenvalue weighted by molar-refractivity contribution is -0.150. The van der Waals surface area contributed by atoms with Crippen molar-refractivity contribution >= 4 is 11.8 Å². The topological polar surface area (TPSA) is 63.6 Å². The van der Waals surface area contributed by atoms with Crippen LogP contribution >= 0.6 is 0 Å². The van der Waals surface area contributed by atoms with E-state index in [1.807, 2.05) is 0 Å². The molecule has 1 heterocycles. The van der Waals surface area contributed by atoms with Crippen molar-refractivity contribution in [2.75, 3.05) is 6.61 Å². The van der Waals surface area contributed by atoms with E-state index in [4.69, 9.17) is 4.74 Å². The zero-order valence-corrected chi connectivity index (χ0v) is 13.3. The molecule has 4 heteroatoms. The third kappa shape index (κ3) is 1.67. The van der Waals surface area contributed by atoms with Crippen molar-refractivity contribution in [2.24, 2.45) is 28.6 Å². The summed E-state index contributed by atoms with van der Waals surface area (Å²) in [4.78, 5) is 23.9. The molecule has 22 heavy (non-hydrogen) atoms. The zero-order valence-electron chi connectivity index (χ0n) is 13.3. The molecule has 4 rings (SSSR count). The van der Waals surface area contributed by atoms with Crippen molar-refractivity contribution in [3.63, 3.8) is 0 Å². The van der Waals surface area contributed by atoms with Crippen LogP contribution in [0, 0.1) is 28.6 Å². The molecule has 1 N–H and O–H groups in total. The molecule has 120 valence electrons. The van der Waals surface area contributed by atoms with Gasteiger partial charge in [-0.2, -0.15) is 0 Å². The van der Waals surface area contributed by atoms with Crippen molar-refractivity contribution in [1.29, 1.82) is 0 Å². The van der Waals surface area contributed by atoms with E-state index in [-0.39, 0.29) is 28.5 Å². The highest BCUT2D eigenvalue weighted by Gasteiger charge is 2.62. The Morgan fingerprint density at radius 3 is 2.77 bits per heavy atom. The van der Waals surface area contributed by atoms with Crippen molar-refractivity contribution in [2.45, 2.75) is 52.1 Å². The molecule has 0 bridgehead atoms. The van der Waals surface area contributed by atoms with Crippen LogP contribution in [0.3, 0.4) is 0 Å². The fourth-order valence-corrected chi connectivity index (χ4v) is 6.00. The Balaban J connectivity index is 1.73. The van der Waals surface area contributed by atoms with Crippen LogP contribution in [0.15, 0.2) is 11.6 Å². The molecule has 0 spiro atoms. The summed E-state index contributed by atoms with van der Waals surface area (Å²) in [5.74, 6) is 0.862. The first kappa shape index (κ1) is 14.4. The lowest BCUT2D eigenvalue weighted by Crippen LogP contribution is -2.54. The van der Waals surface area contributed by atoms with Gasteiger partial charge in [0.05, 0.1) is 6.10 Å². The lowest BCUT2D eigenvalue weighted by atomic mass is 9.49. The highest BCUT2D eigenvalue weighted by atomic mass is 16.5. The highest BCUT2D eigenvalue weighted by Crippen LogP contribution is 2.63. The van der Waals surface area contributed by atoms with Gasteiger partial charge in [0.25, 0.3) is 0 Å². The van der Waals surface area contributed by atoms with E-state index in [0.29, 0.717) is 24.9 Å². The molecule has 0 aromatic rings. The Morgan fingerprint density at radius 2 is 2.00 bits per heavy atom. The molecule has 0 amide bonds. The molecule has 0 radical (unpaired) electrons. The van der Waals surface area contributed by atoms with Gasteiger partial charge in [-0.1, -0.05) is 19.4 Å².